The van der Waals surface area contributed by atoms with Crippen LogP contribution in [-0.2, 0) is 4.74 Å². The van der Waals surface area contributed by atoms with Gasteiger partial charge >= 0.3 is 6.09 Å². The maximum Gasteiger partial charge on any atom is 0.410 e. The average molecular weight is 292 g/mol. The SMILES string of the molecule is Cc1cnc(NC[C@H]2CCN(C(=O)OC(C)(C)C)C2)nc1. The summed E-state index contributed by atoms with van der Waals surface area (Å²) in [6.45, 7) is 9.84. The van der Waals surface area contributed by atoms with Gasteiger partial charge in [0.1, 0.15) is 5.60 Å². The molecule has 6 heteroatoms. The van der Waals surface area contributed by atoms with Crippen LogP contribution >= 0.6 is 0 Å². The van der Waals surface area contributed by atoms with Gasteiger partial charge < -0.3 is 15.0 Å². The number of nitrogens with zero attached hydrogens (tertiary/aromatic N) is 3. The molecule has 1 fully saturated rings. The predicted octanol–water partition coefficient (Wildman–Crippen LogP) is 2.45. The van der Waals surface area contributed by atoms with Gasteiger partial charge in [-0.1, -0.05) is 0 Å². The van der Waals surface area contributed by atoms with E-state index in [1.165, 1.54) is 0 Å². The molecule has 1 aromatic heterocycles. The highest BCUT2D eigenvalue weighted by Crippen LogP contribution is 2.19. The fourth-order valence-electron chi connectivity index (χ4n) is 2.21. The van der Waals surface area contributed by atoms with E-state index in [2.05, 4.69) is 15.3 Å². The summed E-state index contributed by atoms with van der Waals surface area (Å²) in [5.41, 5.74) is 0.598. The van der Waals surface area contributed by atoms with Crippen LogP contribution in [0.3, 0.4) is 0 Å². The molecule has 6 nitrogen and oxygen atoms in total. The monoisotopic (exact) mass is 292 g/mol. The highest BCUT2D eigenvalue weighted by atomic mass is 16.6. The van der Waals surface area contributed by atoms with Crippen molar-refractivity contribution in [1.29, 1.82) is 0 Å². The molecular formula is C15H24N4O2. The normalized spacial score (nSPS) is 18.7. The predicted molar refractivity (Wildman–Crippen MR) is 81.2 cm³/mol. The van der Waals surface area contributed by atoms with Crippen LogP contribution in [0, 0.1) is 12.8 Å². The molecule has 1 aliphatic heterocycles. The number of hydrogen-bond acceptors (Lipinski definition) is 5. The van der Waals surface area contributed by atoms with E-state index in [1.807, 2.05) is 27.7 Å². The maximum absolute atomic E-state index is 12.0. The minimum atomic E-state index is -0.441. The van der Waals surface area contributed by atoms with Gasteiger partial charge in [0, 0.05) is 32.0 Å². The highest BCUT2D eigenvalue weighted by Gasteiger charge is 2.29. The Balaban J connectivity index is 1.77. The minimum Gasteiger partial charge on any atom is -0.444 e. The third kappa shape index (κ3) is 4.88. The van der Waals surface area contributed by atoms with E-state index in [1.54, 1.807) is 17.3 Å². The van der Waals surface area contributed by atoms with E-state index in [9.17, 15) is 4.79 Å². The van der Waals surface area contributed by atoms with Crippen LogP contribution in [0.25, 0.3) is 0 Å². The van der Waals surface area contributed by atoms with Gasteiger partial charge in [0.15, 0.2) is 0 Å². The lowest BCUT2D eigenvalue weighted by Gasteiger charge is -2.24. The van der Waals surface area contributed by atoms with Crippen molar-refractivity contribution in [2.45, 2.75) is 39.7 Å². The van der Waals surface area contributed by atoms with Crippen LogP contribution in [0.5, 0.6) is 0 Å². The number of aryl methyl sites for hydroxylation is 1. The van der Waals surface area contributed by atoms with Crippen molar-refractivity contribution in [3.8, 4) is 0 Å². The quantitative estimate of drug-likeness (QED) is 0.927. The molecule has 2 heterocycles. The summed E-state index contributed by atoms with van der Waals surface area (Å²) < 4.78 is 5.39. The second-order valence-electron chi connectivity index (χ2n) is 6.55. The number of rotatable bonds is 3. The molecule has 1 saturated heterocycles. The Hall–Kier alpha value is -1.85. The molecule has 1 N–H and O–H groups in total. The zero-order valence-corrected chi connectivity index (χ0v) is 13.2. The van der Waals surface area contributed by atoms with Crippen molar-refractivity contribution < 1.29 is 9.53 Å². The van der Waals surface area contributed by atoms with Crippen LogP contribution in [-0.4, -0.2) is 46.2 Å². The summed E-state index contributed by atoms with van der Waals surface area (Å²) in [7, 11) is 0. The molecule has 0 spiro atoms. The summed E-state index contributed by atoms with van der Waals surface area (Å²) >= 11 is 0. The highest BCUT2D eigenvalue weighted by molar-refractivity contribution is 5.68. The van der Waals surface area contributed by atoms with Gasteiger partial charge in [-0.25, -0.2) is 14.8 Å². The fraction of sp³-hybridized carbons (Fsp3) is 0.667. The standard InChI is InChI=1S/C15H24N4O2/c1-11-7-16-13(17-8-11)18-9-12-5-6-19(10-12)14(20)21-15(2,3)4/h7-8,12H,5-6,9-10H2,1-4H3,(H,16,17,18)/t12-/m1/s1. The molecule has 0 aliphatic carbocycles. The smallest absolute Gasteiger partial charge is 0.410 e. The number of anilines is 1. The minimum absolute atomic E-state index is 0.225. The first-order chi connectivity index (χ1) is 9.83. The number of carbonyl (C=O) groups is 1. The number of aromatic nitrogens is 2. The lowest BCUT2D eigenvalue weighted by molar-refractivity contribution is 0.0289. The van der Waals surface area contributed by atoms with E-state index in [4.69, 9.17) is 4.74 Å². The molecule has 1 atom stereocenters. The molecule has 0 bridgehead atoms. The topological polar surface area (TPSA) is 67.4 Å². The Morgan fingerprint density at radius 3 is 2.71 bits per heavy atom. The van der Waals surface area contributed by atoms with Gasteiger partial charge in [-0.2, -0.15) is 0 Å². The van der Waals surface area contributed by atoms with Gasteiger partial charge in [0.05, 0.1) is 0 Å². The average Bonchev–Trinajstić information content (AvgIpc) is 2.85. The molecule has 1 aliphatic rings. The van der Waals surface area contributed by atoms with Crippen molar-refractivity contribution in [3.63, 3.8) is 0 Å². The summed E-state index contributed by atoms with van der Waals surface area (Å²) in [5, 5.41) is 3.22. The first-order valence-corrected chi connectivity index (χ1v) is 7.34. The van der Waals surface area contributed by atoms with Gasteiger partial charge in [-0.15, -0.1) is 0 Å². The molecule has 0 aromatic carbocycles. The number of hydrogen-bond donors (Lipinski definition) is 1. The summed E-state index contributed by atoms with van der Waals surface area (Å²) in [5.74, 6) is 1.04. The molecular weight excluding hydrogens is 268 g/mol. The van der Waals surface area contributed by atoms with Crippen molar-refractivity contribution in [2.24, 2.45) is 5.92 Å². The second kappa shape index (κ2) is 6.28. The third-order valence-electron chi connectivity index (χ3n) is 3.27. The van der Waals surface area contributed by atoms with Gasteiger partial charge in [-0.05, 0) is 45.6 Å². The molecule has 2 rings (SSSR count). The van der Waals surface area contributed by atoms with Crippen LogP contribution in [0.4, 0.5) is 10.7 Å². The molecule has 1 aromatic rings. The van der Waals surface area contributed by atoms with Crippen LogP contribution in [0.2, 0.25) is 0 Å². The van der Waals surface area contributed by atoms with Crippen molar-refractivity contribution >= 4 is 12.0 Å². The summed E-state index contributed by atoms with van der Waals surface area (Å²) in [4.78, 5) is 22.2. The van der Waals surface area contributed by atoms with E-state index in [0.29, 0.717) is 18.4 Å². The van der Waals surface area contributed by atoms with E-state index < -0.39 is 5.60 Å². The van der Waals surface area contributed by atoms with Crippen molar-refractivity contribution in [3.05, 3.63) is 18.0 Å². The first-order valence-electron chi connectivity index (χ1n) is 7.34. The zero-order chi connectivity index (χ0) is 15.5. The third-order valence-corrected chi connectivity index (χ3v) is 3.27. The van der Waals surface area contributed by atoms with Crippen molar-refractivity contribution in [1.82, 2.24) is 14.9 Å². The van der Waals surface area contributed by atoms with Gasteiger partial charge in [-0.3, -0.25) is 0 Å². The lowest BCUT2D eigenvalue weighted by atomic mass is 10.1. The van der Waals surface area contributed by atoms with Crippen LogP contribution < -0.4 is 5.32 Å². The fourth-order valence-corrected chi connectivity index (χ4v) is 2.21. The zero-order valence-electron chi connectivity index (χ0n) is 13.2. The lowest BCUT2D eigenvalue weighted by Crippen LogP contribution is -2.35. The Morgan fingerprint density at radius 1 is 1.43 bits per heavy atom. The summed E-state index contributed by atoms with van der Waals surface area (Å²) in [6.07, 6.45) is 4.32. The Morgan fingerprint density at radius 2 is 2.10 bits per heavy atom. The molecule has 1 amide bonds. The molecule has 21 heavy (non-hydrogen) atoms. The van der Waals surface area contributed by atoms with Gasteiger partial charge in [0.25, 0.3) is 0 Å². The Bertz CT molecular complexity index is 481. The number of amides is 1. The molecule has 0 unspecified atom stereocenters. The molecule has 0 radical (unpaired) electrons. The first kappa shape index (κ1) is 15.5. The number of nitrogens with one attached hydrogen (secondary N) is 1. The number of ether oxygens (including phenoxy) is 1. The Kier molecular flexibility index (Phi) is 4.65. The second-order valence-corrected chi connectivity index (χ2v) is 6.55. The summed E-state index contributed by atoms with van der Waals surface area (Å²) in [6, 6.07) is 0. The number of likely N-dealkylation sites (tertiary alicyclic amines) is 1. The number of carbonyl (C=O) groups excluding carboxylic acids is 1. The maximum atomic E-state index is 12.0. The van der Waals surface area contributed by atoms with E-state index >= 15 is 0 Å². The van der Waals surface area contributed by atoms with E-state index in [-0.39, 0.29) is 6.09 Å². The largest absolute Gasteiger partial charge is 0.444 e. The molecule has 0 saturated carbocycles. The van der Waals surface area contributed by atoms with Crippen LogP contribution in [0.1, 0.15) is 32.8 Å². The van der Waals surface area contributed by atoms with Crippen LogP contribution in [0.15, 0.2) is 12.4 Å². The molecule has 116 valence electrons. The van der Waals surface area contributed by atoms with Gasteiger partial charge in [0.2, 0.25) is 5.95 Å². The van der Waals surface area contributed by atoms with Crippen molar-refractivity contribution in [2.75, 3.05) is 25.0 Å². The van der Waals surface area contributed by atoms with E-state index in [0.717, 1.165) is 25.1 Å². The Labute approximate surface area is 125 Å².